The van der Waals surface area contributed by atoms with Crippen LogP contribution in [0.5, 0.6) is 23.0 Å². The molecule has 2 atom stereocenters. The molecule has 1 aliphatic heterocycles. The van der Waals surface area contributed by atoms with Crippen LogP contribution in [0.2, 0.25) is 0 Å². The normalized spacial score (nSPS) is 18.4. The Balaban J connectivity index is 1.98. The maximum atomic E-state index is 6.31. The average molecular weight is 342 g/mol. The summed E-state index contributed by atoms with van der Waals surface area (Å²) in [4.78, 5) is 0. The smallest absolute Gasteiger partial charge is 0.165 e. The zero-order valence-electron chi connectivity index (χ0n) is 15.6. The first-order valence-corrected chi connectivity index (χ1v) is 8.72. The zero-order valence-corrected chi connectivity index (χ0v) is 15.6. The fourth-order valence-corrected chi connectivity index (χ4v) is 3.51. The summed E-state index contributed by atoms with van der Waals surface area (Å²) in [5.74, 6) is 3.34. The Morgan fingerprint density at radius 3 is 2.28 bits per heavy atom. The maximum Gasteiger partial charge on any atom is 0.165 e. The van der Waals surface area contributed by atoms with Gasteiger partial charge in [0.25, 0.3) is 0 Å². The van der Waals surface area contributed by atoms with E-state index in [1.165, 1.54) is 11.1 Å². The van der Waals surface area contributed by atoms with Crippen LogP contribution in [0.3, 0.4) is 0 Å². The summed E-state index contributed by atoms with van der Waals surface area (Å²) in [7, 11) is 4.99. The van der Waals surface area contributed by atoms with Crippen molar-refractivity contribution in [1.29, 1.82) is 0 Å². The number of rotatable bonds is 6. The van der Waals surface area contributed by atoms with Gasteiger partial charge in [-0.05, 0) is 35.7 Å². The SMILES string of the molecule is CCCc1cc(OC)c2c(c1)C(C)C(c1ccc(OC)c(OC)c1)O2. The van der Waals surface area contributed by atoms with Crippen LogP contribution in [0.4, 0.5) is 0 Å². The van der Waals surface area contributed by atoms with E-state index in [2.05, 4.69) is 26.0 Å². The van der Waals surface area contributed by atoms with Crippen molar-refractivity contribution in [3.05, 3.63) is 47.0 Å². The van der Waals surface area contributed by atoms with E-state index >= 15 is 0 Å². The third-order valence-electron chi connectivity index (χ3n) is 4.83. The van der Waals surface area contributed by atoms with Gasteiger partial charge < -0.3 is 18.9 Å². The summed E-state index contributed by atoms with van der Waals surface area (Å²) in [5, 5.41) is 0. The van der Waals surface area contributed by atoms with Gasteiger partial charge in [-0.15, -0.1) is 0 Å². The van der Waals surface area contributed by atoms with E-state index in [1.807, 2.05) is 18.2 Å². The predicted molar refractivity (Wildman–Crippen MR) is 98.3 cm³/mol. The van der Waals surface area contributed by atoms with E-state index in [-0.39, 0.29) is 12.0 Å². The quantitative estimate of drug-likeness (QED) is 0.748. The molecular weight excluding hydrogens is 316 g/mol. The first-order chi connectivity index (χ1) is 12.1. The molecule has 0 saturated heterocycles. The fraction of sp³-hybridized carbons (Fsp3) is 0.429. The van der Waals surface area contributed by atoms with E-state index < -0.39 is 0 Å². The summed E-state index contributed by atoms with van der Waals surface area (Å²) < 4.78 is 22.7. The number of hydrogen-bond donors (Lipinski definition) is 0. The van der Waals surface area contributed by atoms with Crippen LogP contribution < -0.4 is 18.9 Å². The van der Waals surface area contributed by atoms with Crippen molar-refractivity contribution in [2.24, 2.45) is 0 Å². The molecule has 4 heteroatoms. The molecule has 2 aromatic carbocycles. The Morgan fingerprint density at radius 1 is 0.920 bits per heavy atom. The van der Waals surface area contributed by atoms with Gasteiger partial charge in [-0.3, -0.25) is 0 Å². The second-order valence-corrected chi connectivity index (χ2v) is 6.41. The Hall–Kier alpha value is -2.36. The summed E-state index contributed by atoms with van der Waals surface area (Å²) in [5.41, 5.74) is 3.57. The van der Waals surface area contributed by atoms with Crippen molar-refractivity contribution < 1.29 is 18.9 Å². The van der Waals surface area contributed by atoms with Gasteiger partial charge in [0, 0.05) is 11.5 Å². The Bertz CT molecular complexity index is 754. The molecule has 0 aliphatic carbocycles. The monoisotopic (exact) mass is 342 g/mol. The molecule has 25 heavy (non-hydrogen) atoms. The number of fused-ring (bicyclic) bond motifs is 1. The minimum absolute atomic E-state index is 0.0689. The summed E-state index contributed by atoms with van der Waals surface area (Å²) in [6, 6.07) is 10.3. The molecular formula is C21H26O4. The number of benzene rings is 2. The second kappa shape index (κ2) is 7.26. The predicted octanol–water partition coefficient (Wildman–Crippen LogP) is 4.90. The van der Waals surface area contributed by atoms with Crippen molar-refractivity contribution >= 4 is 0 Å². The average Bonchev–Trinajstić information content (AvgIpc) is 2.97. The molecule has 4 nitrogen and oxygen atoms in total. The first kappa shape index (κ1) is 17.5. The highest BCUT2D eigenvalue weighted by Crippen LogP contribution is 2.51. The molecule has 0 bridgehead atoms. The van der Waals surface area contributed by atoms with Gasteiger partial charge in [0.2, 0.25) is 0 Å². The van der Waals surface area contributed by atoms with Crippen LogP contribution in [-0.2, 0) is 6.42 Å². The van der Waals surface area contributed by atoms with Crippen LogP contribution in [0.25, 0.3) is 0 Å². The Morgan fingerprint density at radius 2 is 1.64 bits per heavy atom. The highest BCUT2D eigenvalue weighted by Gasteiger charge is 2.35. The summed E-state index contributed by atoms with van der Waals surface area (Å²) in [6.07, 6.45) is 2.08. The van der Waals surface area contributed by atoms with Gasteiger partial charge in [-0.1, -0.05) is 32.4 Å². The van der Waals surface area contributed by atoms with E-state index in [1.54, 1.807) is 21.3 Å². The maximum absolute atomic E-state index is 6.31. The molecule has 0 aromatic heterocycles. The number of ether oxygens (including phenoxy) is 4. The molecule has 134 valence electrons. The summed E-state index contributed by atoms with van der Waals surface area (Å²) >= 11 is 0. The lowest BCUT2D eigenvalue weighted by Crippen LogP contribution is -2.07. The molecule has 2 unspecified atom stereocenters. The standard InChI is InChI=1S/C21H26O4/c1-6-7-14-10-16-13(2)20(25-21(16)19(11-14)24-5)15-8-9-17(22-3)18(12-15)23-4/h8-13,20H,6-7H2,1-5H3. The van der Waals surface area contributed by atoms with Crippen LogP contribution >= 0.6 is 0 Å². The van der Waals surface area contributed by atoms with Crippen LogP contribution in [0, 0.1) is 0 Å². The van der Waals surface area contributed by atoms with Gasteiger partial charge in [-0.2, -0.15) is 0 Å². The van der Waals surface area contributed by atoms with Gasteiger partial charge in [0.1, 0.15) is 6.10 Å². The second-order valence-electron chi connectivity index (χ2n) is 6.41. The molecule has 2 aromatic rings. The van der Waals surface area contributed by atoms with E-state index in [0.717, 1.165) is 35.7 Å². The van der Waals surface area contributed by atoms with E-state index in [9.17, 15) is 0 Å². The van der Waals surface area contributed by atoms with E-state index in [4.69, 9.17) is 18.9 Å². The number of hydrogen-bond acceptors (Lipinski definition) is 4. The molecule has 0 saturated carbocycles. The number of methoxy groups -OCH3 is 3. The molecule has 0 radical (unpaired) electrons. The van der Waals surface area contributed by atoms with Crippen molar-refractivity contribution in [3.8, 4) is 23.0 Å². The topological polar surface area (TPSA) is 36.9 Å². The Kier molecular flexibility index (Phi) is 5.07. The lowest BCUT2D eigenvalue weighted by molar-refractivity contribution is 0.207. The van der Waals surface area contributed by atoms with Crippen molar-refractivity contribution in [1.82, 2.24) is 0 Å². The van der Waals surface area contributed by atoms with Gasteiger partial charge in [0.15, 0.2) is 23.0 Å². The zero-order chi connectivity index (χ0) is 18.0. The lowest BCUT2D eigenvalue weighted by atomic mass is 9.91. The Labute approximate surface area is 149 Å². The highest BCUT2D eigenvalue weighted by molar-refractivity contribution is 5.55. The minimum atomic E-state index is -0.0689. The first-order valence-electron chi connectivity index (χ1n) is 8.72. The molecule has 0 fully saturated rings. The fourth-order valence-electron chi connectivity index (χ4n) is 3.51. The van der Waals surface area contributed by atoms with Gasteiger partial charge in [0.05, 0.1) is 21.3 Å². The third-order valence-corrected chi connectivity index (χ3v) is 4.83. The lowest BCUT2D eigenvalue weighted by Gasteiger charge is -2.18. The minimum Gasteiger partial charge on any atom is -0.493 e. The van der Waals surface area contributed by atoms with Crippen molar-refractivity contribution in [2.75, 3.05) is 21.3 Å². The molecule has 0 N–H and O–H groups in total. The highest BCUT2D eigenvalue weighted by atomic mass is 16.5. The molecule has 1 aliphatic rings. The third kappa shape index (κ3) is 3.13. The van der Waals surface area contributed by atoms with E-state index in [0.29, 0.717) is 5.75 Å². The number of aryl methyl sites for hydroxylation is 1. The van der Waals surface area contributed by atoms with Gasteiger partial charge in [-0.25, -0.2) is 0 Å². The molecule has 1 heterocycles. The van der Waals surface area contributed by atoms with Crippen LogP contribution in [0.1, 0.15) is 49.0 Å². The van der Waals surface area contributed by atoms with Crippen LogP contribution in [0.15, 0.2) is 30.3 Å². The largest absolute Gasteiger partial charge is 0.493 e. The van der Waals surface area contributed by atoms with Gasteiger partial charge >= 0.3 is 0 Å². The van der Waals surface area contributed by atoms with Crippen molar-refractivity contribution in [3.63, 3.8) is 0 Å². The van der Waals surface area contributed by atoms with Crippen molar-refractivity contribution in [2.45, 2.75) is 38.7 Å². The molecule has 3 rings (SSSR count). The summed E-state index contributed by atoms with van der Waals surface area (Å²) in [6.45, 7) is 4.38. The molecule has 0 amide bonds. The molecule has 0 spiro atoms. The van der Waals surface area contributed by atoms with Crippen LogP contribution in [-0.4, -0.2) is 21.3 Å².